The molecule has 4 heterocycles. The number of hydrogen-bond donors (Lipinski definition) is 2. The van der Waals surface area contributed by atoms with E-state index < -0.39 is 5.95 Å². The first kappa shape index (κ1) is 17.9. The van der Waals surface area contributed by atoms with Crippen molar-refractivity contribution in [2.75, 3.05) is 12.4 Å². The number of ether oxygens (including phenoxy) is 1. The quantitative estimate of drug-likeness (QED) is 0.497. The van der Waals surface area contributed by atoms with E-state index in [4.69, 9.17) is 4.74 Å². The Hall–Kier alpha value is -3.48. The maximum absolute atomic E-state index is 14.6. The highest BCUT2D eigenvalue weighted by Gasteiger charge is 2.11. The minimum Gasteiger partial charge on any atom is -0.495 e. The molecule has 142 valence electrons. The Balaban J connectivity index is 1.48. The van der Waals surface area contributed by atoms with Gasteiger partial charge >= 0.3 is 0 Å². The summed E-state index contributed by atoms with van der Waals surface area (Å²) in [5, 5.41) is 4.12. The third-order valence-electron chi connectivity index (χ3n) is 4.54. The van der Waals surface area contributed by atoms with Crippen molar-refractivity contribution in [1.29, 1.82) is 0 Å². The fraction of sp³-hybridized carbons (Fsp3) is 0.190. The Bertz CT molecular complexity index is 1120. The summed E-state index contributed by atoms with van der Waals surface area (Å²) in [7, 11) is 1.59. The monoisotopic (exact) mass is 377 g/mol. The fourth-order valence-electron chi connectivity index (χ4n) is 3.07. The molecular formula is C21H20FN5O. The van der Waals surface area contributed by atoms with Gasteiger partial charge in [-0.2, -0.15) is 4.39 Å². The number of methoxy groups -OCH3 is 1. The number of anilines is 1. The number of halogens is 1. The SMILES string of the molecule is COc1cncc(CNc2ccc(Cc3c[nH]c4ncc(C)cc34)c(F)n2)c1. The minimum absolute atomic E-state index is 0.448. The van der Waals surface area contributed by atoms with Gasteiger partial charge in [-0.1, -0.05) is 6.07 Å². The number of hydrogen-bond acceptors (Lipinski definition) is 5. The Labute approximate surface area is 161 Å². The van der Waals surface area contributed by atoms with Crippen molar-refractivity contribution in [3.63, 3.8) is 0 Å². The molecule has 0 aliphatic carbocycles. The van der Waals surface area contributed by atoms with Crippen molar-refractivity contribution in [3.8, 4) is 5.75 Å². The van der Waals surface area contributed by atoms with Crippen LogP contribution in [0.3, 0.4) is 0 Å². The minimum atomic E-state index is -0.483. The number of nitrogens with zero attached hydrogens (tertiary/aromatic N) is 3. The number of aromatic nitrogens is 4. The number of fused-ring (bicyclic) bond motifs is 1. The lowest BCUT2D eigenvalue weighted by Crippen LogP contribution is -2.04. The molecule has 0 radical (unpaired) electrons. The maximum atomic E-state index is 14.6. The molecule has 0 fully saturated rings. The van der Waals surface area contributed by atoms with E-state index in [1.807, 2.05) is 25.4 Å². The van der Waals surface area contributed by atoms with Gasteiger partial charge < -0.3 is 15.0 Å². The van der Waals surface area contributed by atoms with E-state index in [0.29, 0.717) is 30.1 Å². The molecule has 6 nitrogen and oxygen atoms in total. The van der Waals surface area contributed by atoms with E-state index in [1.165, 1.54) is 0 Å². The molecule has 0 atom stereocenters. The molecule has 4 aromatic rings. The second-order valence-electron chi connectivity index (χ2n) is 6.63. The van der Waals surface area contributed by atoms with Gasteiger partial charge in [0.15, 0.2) is 0 Å². The van der Waals surface area contributed by atoms with Gasteiger partial charge in [0.2, 0.25) is 5.95 Å². The summed E-state index contributed by atoms with van der Waals surface area (Å²) in [6.45, 7) is 2.47. The summed E-state index contributed by atoms with van der Waals surface area (Å²) in [6, 6.07) is 7.47. The molecule has 2 N–H and O–H groups in total. The van der Waals surface area contributed by atoms with Crippen molar-refractivity contribution in [3.05, 3.63) is 77.3 Å². The van der Waals surface area contributed by atoms with Gasteiger partial charge in [-0.05, 0) is 41.8 Å². The maximum Gasteiger partial charge on any atom is 0.218 e. The summed E-state index contributed by atoms with van der Waals surface area (Å²) >= 11 is 0. The van der Waals surface area contributed by atoms with Crippen molar-refractivity contribution in [1.82, 2.24) is 19.9 Å². The standard InChI is InChI=1S/C21H20FN5O/c1-13-5-18-16(11-26-21(18)25-8-13)7-15-3-4-19(27-20(15)22)24-10-14-6-17(28-2)12-23-9-14/h3-6,8-9,11-12H,7,10H2,1-2H3,(H,24,27)(H,25,26). The van der Waals surface area contributed by atoms with Crippen molar-refractivity contribution >= 4 is 16.9 Å². The first-order valence-electron chi connectivity index (χ1n) is 8.92. The molecule has 28 heavy (non-hydrogen) atoms. The van der Waals surface area contributed by atoms with Crippen LogP contribution in [-0.2, 0) is 13.0 Å². The number of nitrogens with one attached hydrogen (secondary N) is 2. The van der Waals surface area contributed by atoms with Crippen LogP contribution in [-0.4, -0.2) is 27.0 Å². The molecule has 0 spiro atoms. The predicted molar refractivity (Wildman–Crippen MR) is 106 cm³/mol. The highest BCUT2D eigenvalue weighted by Crippen LogP contribution is 2.22. The van der Waals surface area contributed by atoms with Gasteiger partial charge in [-0.25, -0.2) is 9.97 Å². The van der Waals surface area contributed by atoms with Crippen LogP contribution in [0.5, 0.6) is 5.75 Å². The van der Waals surface area contributed by atoms with Crippen LogP contribution in [0.25, 0.3) is 11.0 Å². The molecule has 4 aromatic heterocycles. The van der Waals surface area contributed by atoms with Crippen LogP contribution in [0, 0.1) is 12.9 Å². The molecule has 0 saturated carbocycles. The zero-order chi connectivity index (χ0) is 19.5. The number of H-pyrrole nitrogens is 1. The van der Waals surface area contributed by atoms with Gasteiger partial charge in [-0.3, -0.25) is 4.98 Å². The lowest BCUT2D eigenvalue weighted by Gasteiger charge is -2.09. The molecule has 7 heteroatoms. The van der Waals surface area contributed by atoms with E-state index in [9.17, 15) is 4.39 Å². The molecule has 0 bridgehead atoms. The predicted octanol–water partition coefficient (Wildman–Crippen LogP) is 4.01. The first-order valence-corrected chi connectivity index (χ1v) is 8.92. The summed E-state index contributed by atoms with van der Waals surface area (Å²) in [5.41, 5.74) is 4.33. The number of aryl methyl sites for hydroxylation is 1. The van der Waals surface area contributed by atoms with Crippen LogP contribution in [0.2, 0.25) is 0 Å². The molecule has 0 amide bonds. The first-order chi connectivity index (χ1) is 13.6. The Morgan fingerprint density at radius 1 is 1.14 bits per heavy atom. The molecule has 0 aromatic carbocycles. The lowest BCUT2D eigenvalue weighted by molar-refractivity contribution is 0.412. The highest BCUT2D eigenvalue weighted by atomic mass is 19.1. The van der Waals surface area contributed by atoms with Crippen LogP contribution in [0.15, 0.2) is 49.1 Å². The van der Waals surface area contributed by atoms with E-state index >= 15 is 0 Å². The van der Waals surface area contributed by atoms with Crippen LogP contribution in [0.1, 0.15) is 22.3 Å². The highest BCUT2D eigenvalue weighted by molar-refractivity contribution is 5.80. The molecule has 4 rings (SSSR count). The summed E-state index contributed by atoms with van der Waals surface area (Å²) in [4.78, 5) is 15.6. The van der Waals surface area contributed by atoms with E-state index in [2.05, 4.69) is 31.3 Å². The third kappa shape index (κ3) is 3.78. The lowest BCUT2D eigenvalue weighted by atomic mass is 10.1. The van der Waals surface area contributed by atoms with E-state index in [1.54, 1.807) is 31.6 Å². The van der Waals surface area contributed by atoms with Gasteiger partial charge in [-0.15, -0.1) is 0 Å². The Kier molecular flexibility index (Phi) is 4.89. The van der Waals surface area contributed by atoms with Crippen LogP contribution in [0.4, 0.5) is 10.2 Å². The molecule has 0 unspecified atom stereocenters. The normalized spacial score (nSPS) is 11.0. The Morgan fingerprint density at radius 3 is 2.86 bits per heavy atom. The van der Waals surface area contributed by atoms with Gasteiger partial charge in [0.1, 0.15) is 17.2 Å². The van der Waals surface area contributed by atoms with Crippen molar-refractivity contribution in [2.45, 2.75) is 19.9 Å². The molecule has 0 aliphatic rings. The average Bonchev–Trinajstić information content (AvgIpc) is 3.10. The zero-order valence-electron chi connectivity index (χ0n) is 15.7. The number of rotatable bonds is 6. The second kappa shape index (κ2) is 7.64. The Morgan fingerprint density at radius 2 is 2.04 bits per heavy atom. The fourth-order valence-corrected chi connectivity index (χ4v) is 3.07. The summed E-state index contributed by atoms with van der Waals surface area (Å²) in [6.07, 6.45) is 7.50. The number of pyridine rings is 3. The van der Waals surface area contributed by atoms with Gasteiger partial charge in [0, 0.05) is 42.5 Å². The van der Waals surface area contributed by atoms with Gasteiger partial charge in [0.05, 0.1) is 13.3 Å². The second-order valence-corrected chi connectivity index (χ2v) is 6.63. The molecule has 0 saturated heterocycles. The smallest absolute Gasteiger partial charge is 0.218 e. The largest absolute Gasteiger partial charge is 0.495 e. The molecule has 0 aliphatic heterocycles. The van der Waals surface area contributed by atoms with Gasteiger partial charge in [0.25, 0.3) is 0 Å². The van der Waals surface area contributed by atoms with E-state index in [-0.39, 0.29) is 0 Å². The number of aromatic amines is 1. The average molecular weight is 377 g/mol. The van der Waals surface area contributed by atoms with Crippen molar-refractivity contribution < 1.29 is 9.13 Å². The van der Waals surface area contributed by atoms with E-state index in [0.717, 1.165) is 27.7 Å². The van der Waals surface area contributed by atoms with Crippen LogP contribution >= 0.6 is 0 Å². The molecular weight excluding hydrogens is 357 g/mol. The third-order valence-corrected chi connectivity index (χ3v) is 4.54. The summed E-state index contributed by atoms with van der Waals surface area (Å²) in [5.74, 6) is 0.668. The zero-order valence-corrected chi connectivity index (χ0v) is 15.7. The van der Waals surface area contributed by atoms with Crippen molar-refractivity contribution in [2.24, 2.45) is 0 Å². The summed E-state index contributed by atoms with van der Waals surface area (Å²) < 4.78 is 19.7. The van der Waals surface area contributed by atoms with Crippen LogP contribution < -0.4 is 10.1 Å². The topological polar surface area (TPSA) is 75.7 Å².